The SMILES string of the molecule is C[C@H]1[C@@H](NC(=S)NNC(=O)COc2ccc3c(c2)CCC3)CCC[C@@H]1C. The quantitative estimate of drug-likeness (QED) is 0.558. The summed E-state index contributed by atoms with van der Waals surface area (Å²) in [7, 11) is 0. The summed E-state index contributed by atoms with van der Waals surface area (Å²) in [5.74, 6) is 1.76. The summed E-state index contributed by atoms with van der Waals surface area (Å²) in [6, 6.07) is 6.43. The van der Waals surface area contributed by atoms with Crippen LogP contribution in [0.5, 0.6) is 5.75 Å². The average molecular weight is 376 g/mol. The van der Waals surface area contributed by atoms with Crippen molar-refractivity contribution in [2.45, 2.75) is 58.4 Å². The molecule has 1 fully saturated rings. The maximum absolute atomic E-state index is 12.0. The highest BCUT2D eigenvalue weighted by Crippen LogP contribution is 2.29. The van der Waals surface area contributed by atoms with Gasteiger partial charge in [0.05, 0.1) is 0 Å². The Kier molecular flexibility index (Phi) is 6.35. The molecule has 1 aromatic rings. The first-order valence-electron chi connectivity index (χ1n) is 9.63. The average Bonchev–Trinajstić information content (AvgIpc) is 3.10. The molecule has 142 valence electrons. The number of hydrazine groups is 1. The lowest BCUT2D eigenvalue weighted by Crippen LogP contribution is -2.53. The minimum Gasteiger partial charge on any atom is -0.484 e. The molecule has 0 aromatic heterocycles. The van der Waals surface area contributed by atoms with E-state index in [4.69, 9.17) is 17.0 Å². The van der Waals surface area contributed by atoms with Crippen molar-refractivity contribution in [1.82, 2.24) is 16.2 Å². The first-order chi connectivity index (χ1) is 12.5. The van der Waals surface area contributed by atoms with Gasteiger partial charge in [0.15, 0.2) is 11.7 Å². The highest BCUT2D eigenvalue weighted by atomic mass is 32.1. The van der Waals surface area contributed by atoms with E-state index in [0.29, 0.717) is 23.0 Å². The van der Waals surface area contributed by atoms with Gasteiger partial charge in [-0.3, -0.25) is 15.6 Å². The fraction of sp³-hybridized carbons (Fsp3) is 0.600. The third kappa shape index (κ3) is 4.87. The van der Waals surface area contributed by atoms with Crippen LogP contribution in [0.3, 0.4) is 0 Å². The predicted molar refractivity (Wildman–Crippen MR) is 107 cm³/mol. The number of hydrogen-bond donors (Lipinski definition) is 3. The maximum atomic E-state index is 12.0. The Morgan fingerprint density at radius 1 is 1.15 bits per heavy atom. The number of thiocarbonyl (C=S) groups is 1. The van der Waals surface area contributed by atoms with Crippen LogP contribution in [0.4, 0.5) is 0 Å². The molecule has 0 aliphatic heterocycles. The van der Waals surface area contributed by atoms with E-state index < -0.39 is 0 Å². The van der Waals surface area contributed by atoms with Crippen molar-refractivity contribution in [2.24, 2.45) is 11.8 Å². The number of carbonyl (C=O) groups excluding carboxylic acids is 1. The number of fused-ring (bicyclic) bond motifs is 1. The lowest BCUT2D eigenvalue weighted by atomic mass is 9.78. The van der Waals surface area contributed by atoms with Gasteiger partial charge in [-0.1, -0.05) is 32.8 Å². The Hall–Kier alpha value is -1.82. The van der Waals surface area contributed by atoms with Crippen LogP contribution < -0.4 is 20.9 Å². The molecule has 0 unspecified atom stereocenters. The van der Waals surface area contributed by atoms with Gasteiger partial charge in [0, 0.05) is 6.04 Å². The van der Waals surface area contributed by atoms with Gasteiger partial charge in [0.2, 0.25) is 0 Å². The Labute approximate surface area is 161 Å². The Morgan fingerprint density at radius 3 is 2.81 bits per heavy atom. The molecule has 2 aliphatic rings. The number of amides is 1. The molecule has 5 nitrogen and oxygen atoms in total. The van der Waals surface area contributed by atoms with Gasteiger partial charge in [-0.2, -0.15) is 0 Å². The van der Waals surface area contributed by atoms with Crippen LogP contribution in [0.2, 0.25) is 0 Å². The second-order valence-corrected chi connectivity index (χ2v) is 8.00. The molecule has 3 N–H and O–H groups in total. The second kappa shape index (κ2) is 8.71. The molecule has 1 amide bonds. The first kappa shape index (κ1) is 19.0. The molecule has 26 heavy (non-hydrogen) atoms. The normalized spacial score (nSPS) is 24.5. The van der Waals surface area contributed by atoms with Gasteiger partial charge in [-0.25, -0.2) is 0 Å². The largest absolute Gasteiger partial charge is 0.484 e. The third-order valence-electron chi connectivity index (χ3n) is 5.78. The van der Waals surface area contributed by atoms with Gasteiger partial charge in [0.1, 0.15) is 5.75 Å². The number of aryl methyl sites for hydroxylation is 2. The molecule has 0 spiro atoms. The Balaban J connectivity index is 1.37. The Morgan fingerprint density at radius 2 is 1.96 bits per heavy atom. The van der Waals surface area contributed by atoms with Crippen molar-refractivity contribution in [3.05, 3.63) is 29.3 Å². The second-order valence-electron chi connectivity index (χ2n) is 7.59. The lowest BCUT2D eigenvalue weighted by molar-refractivity contribution is -0.123. The van der Waals surface area contributed by atoms with Crippen molar-refractivity contribution >= 4 is 23.2 Å². The van der Waals surface area contributed by atoms with Crippen LogP contribution >= 0.6 is 12.2 Å². The van der Waals surface area contributed by atoms with E-state index in [-0.39, 0.29) is 12.5 Å². The summed E-state index contributed by atoms with van der Waals surface area (Å²) in [4.78, 5) is 12.0. The van der Waals surface area contributed by atoms with E-state index in [1.165, 1.54) is 30.4 Å². The van der Waals surface area contributed by atoms with Crippen molar-refractivity contribution in [1.29, 1.82) is 0 Å². The van der Waals surface area contributed by atoms with Gasteiger partial charge < -0.3 is 10.1 Å². The van der Waals surface area contributed by atoms with E-state index >= 15 is 0 Å². The zero-order valence-corrected chi connectivity index (χ0v) is 16.5. The number of hydrogen-bond acceptors (Lipinski definition) is 3. The molecule has 3 rings (SSSR count). The zero-order valence-electron chi connectivity index (χ0n) is 15.6. The van der Waals surface area contributed by atoms with Crippen LogP contribution in [-0.4, -0.2) is 23.7 Å². The summed E-state index contributed by atoms with van der Waals surface area (Å²) in [6.45, 7) is 4.51. The number of benzene rings is 1. The van der Waals surface area contributed by atoms with E-state index in [1.54, 1.807) is 0 Å². The smallest absolute Gasteiger partial charge is 0.276 e. The van der Waals surface area contributed by atoms with E-state index in [1.807, 2.05) is 12.1 Å². The maximum Gasteiger partial charge on any atom is 0.276 e. The fourth-order valence-corrected chi connectivity index (χ4v) is 4.14. The molecule has 3 atom stereocenters. The van der Waals surface area contributed by atoms with Crippen molar-refractivity contribution < 1.29 is 9.53 Å². The molecule has 6 heteroatoms. The predicted octanol–water partition coefficient (Wildman–Crippen LogP) is 2.87. The van der Waals surface area contributed by atoms with E-state index in [9.17, 15) is 4.79 Å². The number of rotatable bonds is 4. The fourth-order valence-electron chi connectivity index (χ4n) is 3.94. The summed E-state index contributed by atoms with van der Waals surface area (Å²) in [5.41, 5.74) is 8.12. The number of carbonyl (C=O) groups is 1. The summed E-state index contributed by atoms with van der Waals surface area (Å²) >= 11 is 5.30. The van der Waals surface area contributed by atoms with E-state index in [2.05, 4.69) is 36.1 Å². The summed E-state index contributed by atoms with van der Waals surface area (Å²) in [5, 5.41) is 3.78. The standard InChI is InChI=1S/C20H29N3O2S/c1-13-5-3-8-18(14(13)2)21-20(26)23-22-19(24)12-25-17-10-9-15-6-4-7-16(15)11-17/h9-11,13-14,18H,3-8,12H2,1-2H3,(H,22,24)(H2,21,23,26)/t13-,14+,18-/m0/s1. The van der Waals surface area contributed by atoms with Gasteiger partial charge in [0.25, 0.3) is 5.91 Å². The lowest BCUT2D eigenvalue weighted by Gasteiger charge is -2.35. The monoisotopic (exact) mass is 375 g/mol. The molecule has 2 aliphatic carbocycles. The first-order valence-corrected chi connectivity index (χ1v) is 10.0. The van der Waals surface area contributed by atoms with Gasteiger partial charge in [-0.15, -0.1) is 0 Å². The van der Waals surface area contributed by atoms with Gasteiger partial charge >= 0.3 is 0 Å². The van der Waals surface area contributed by atoms with Crippen LogP contribution in [0.1, 0.15) is 50.7 Å². The summed E-state index contributed by atoms with van der Waals surface area (Å²) in [6.07, 6.45) is 7.04. The minimum atomic E-state index is -0.250. The van der Waals surface area contributed by atoms with Crippen LogP contribution in [0.25, 0.3) is 0 Å². The molecule has 0 radical (unpaired) electrons. The van der Waals surface area contributed by atoms with Crippen LogP contribution in [0.15, 0.2) is 18.2 Å². The van der Waals surface area contributed by atoms with E-state index in [0.717, 1.165) is 25.0 Å². The highest BCUT2D eigenvalue weighted by molar-refractivity contribution is 7.80. The number of nitrogens with one attached hydrogen (secondary N) is 3. The van der Waals surface area contributed by atoms with Crippen LogP contribution in [-0.2, 0) is 17.6 Å². The van der Waals surface area contributed by atoms with Crippen molar-refractivity contribution in [3.8, 4) is 5.75 Å². The zero-order chi connectivity index (χ0) is 18.5. The van der Waals surface area contributed by atoms with Crippen LogP contribution in [0, 0.1) is 11.8 Å². The van der Waals surface area contributed by atoms with Gasteiger partial charge in [-0.05, 0) is 73.0 Å². The third-order valence-corrected chi connectivity index (χ3v) is 6.00. The Bertz CT molecular complexity index is 664. The summed E-state index contributed by atoms with van der Waals surface area (Å²) < 4.78 is 5.59. The molecular weight excluding hydrogens is 346 g/mol. The van der Waals surface area contributed by atoms with Crippen molar-refractivity contribution in [3.63, 3.8) is 0 Å². The van der Waals surface area contributed by atoms with Crippen molar-refractivity contribution in [2.75, 3.05) is 6.61 Å². The molecular formula is C20H29N3O2S. The molecule has 0 bridgehead atoms. The molecule has 1 aromatic carbocycles. The number of ether oxygens (including phenoxy) is 1. The topological polar surface area (TPSA) is 62.4 Å². The molecule has 1 saturated carbocycles. The molecule has 0 saturated heterocycles. The minimum absolute atomic E-state index is 0.0364. The molecule has 0 heterocycles. The highest BCUT2D eigenvalue weighted by Gasteiger charge is 2.27.